The molecule has 3 aromatic carbocycles. The smallest absolute Gasteiger partial charge is 0.349 e. The Balaban J connectivity index is 1.49. The van der Waals surface area contributed by atoms with Crippen molar-refractivity contribution in [3.05, 3.63) is 96.6 Å². The van der Waals surface area contributed by atoms with E-state index in [0.717, 1.165) is 17.5 Å². The number of hydrogen-bond donors (Lipinski definition) is 0. The highest BCUT2D eigenvalue weighted by Crippen LogP contribution is 2.28. The topological polar surface area (TPSA) is 54.0 Å². The Kier molecular flexibility index (Phi) is 7.50. The molecule has 5 heteroatoms. The molecule has 0 radical (unpaired) electrons. The fourth-order valence-corrected chi connectivity index (χ4v) is 2.77. The van der Waals surface area contributed by atoms with Gasteiger partial charge in [-0.1, -0.05) is 42.5 Å². The summed E-state index contributed by atoms with van der Waals surface area (Å²) < 4.78 is 21.9. The molecule has 0 aliphatic rings. The summed E-state index contributed by atoms with van der Waals surface area (Å²) in [5, 5.41) is 0. The van der Waals surface area contributed by atoms with E-state index in [4.69, 9.17) is 18.9 Å². The van der Waals surface area contributed by atoms with E-state index >= 15 is 0 Å². The van der Waals surface area contributed by atoms with E-state index in [1.807, 2.05) is 48.5 Å². The second kappa shape index (κ2) is 10.7. The standard InChI is InChI=1S/C25H24O5/c1-3-7-19-10-15-23(24(16-19)27-2)29-18-25(26)30-22-13-11-21(12-14-22)28-17-20-8-5-4-6-9-20/h3-6,8-16H,1,7,17-18H2,2H3. The Labute approximate surface area is 176 Å². The van der Waals surface area contributed by atoms with Crippen LogP contribution < -0.4 is 18.9 Å². The van der Waals surface area contributed by atoms with Crippen LogP contribution in [0.5, 0.6) is 23.0 Å². The second-order valence-corrected chi connectivity index (χ2v) is 6.49. The zero-order valence-corrected chi connectivity index (χ0v) is 16.9. The summed E-state index contributed by atoms with van der Waals surface area (Å²) in [5.41, 5.74) is 2.13. The van der Waals surface area contributed by atoms with Crippen molar-refractivity contribution < 1.29 is 23.7 Å². The van der Waals surface area contributed by atoms with Gasteiger partial charge in [-0.05, 0) is 53.9 Å². The first kappa shape index (κ1) is 21.0. The highest BCUT2D eigenvalue weighted by Gasteiger charge is 2.10. The molecule has 0 amide bonds. The minimum absolute atomic E-state index is 0.233. The number of rotatable bonds is 10. The van der Waals surface area contributed by atoms with Gasteiger partial charge in [-0.2, -0.15) is 0 Å². The highest BCUT2D eigenvalue weighted by molar-refractivity contribution is 5.74. The lowest BCUT2D eigenvalue weighted by molar-refractivity contribution is -0.136. The third-order valence-electron chi connectivity index (χ3n) is 4.26. The van der Waals surface area contributed by atoms with Crippen LogP contribution in [0.2, 0.25) is 0 Å². The predicted octanol–water partition coefficient (Wildman–Crippen LogP) is 4.99. The molecule has 3 rings (SSSR count). The number of methoxy groups -OCH3 is 1. The molecule has 0 N–H and O–H groups in total. The normalized spacial score (nSPS) is 10.2. The van der Waals surface area contributed by atoms with E-state index in [-0.39, 0.29) is 6.61 Å². The van der Waals surface area contributed by atoms with Gasteiger partial charge in [0.15, 0.2) is 18.1 Å². The van der Waals surface area contributed by atoms with Crippen molar-refractivity contribution >= 4 is 5.97 Å². The van der Waals surface area contributed by atoms with Crippen LogP contribution in [0.4, 0.5) is 0 Å². The van der Waals surface area contributed by atoms with E-state index < -0.39 is 5.97 Å². The first-order chi connectivity index (χ1) is 14.7. The summed E-state index contributed by atoms with van der Waals surface area (Å²) in [6, 6.07) is 22.3. The minimum atomic E-state index is -0.509. The maximum absolute atomic E-state index is 12.1. The SMILES string of the molecule is C=CCc1ccc(OCC(=O)Oc2ccc(OCc3ccccc3)cc2)c(OC)c1. The summed E-state index contributed by atoms with van der Waals surface area (Å²) in [7, 11) is 1.56. The molecule has 3 aromatic rings. The van der Waals surface area contributed by atoms with E-state index in [0.29, 0.717) is 29.6 Å². The molecule has 154 valence electrons. The van der Waals surface area contributed by atoms with Gasteiger partial charge in [0.1, 0.15) is 18.1 Å². The molecule has 0 saturated carbocycles. The lowest BCUT2D eigenvalue weighted by atomic mass is 10.1. The lowest BCUT2D eigenvalue weighted by Crippen LogP contribution is -2.18. The molecule has 0 aromatic heterocycles. The predicted molar refractivity (Wildman–Crippen MR) is 115 cm³/mol. The fraction of sp³-hybridized carbons (Fsp3) is 0.160. The maximum atomic E-state index is 12.1. The molecule has 0 atom stereocenters. The van der Waals surface area contributed by atoms with Crippen LogP contribution in [0.3, 0.4) is 0 Å². The number of benzene rings is 3. The zero-order chi connectivity index (χ0) is 21.2. The van der Waals surface area contributed by atoms with E-state index in [1.165, 1.54) is 0 Å². The van der Waals surface area contributed by atoms with Crippen molar-refractivity contribution in [2.45, 2.75) is 13.0 Å². The van der Waals surface area contributed by atoms with Crippen LogP contribution in [0.1, 0.15) is 11.1 Å². The Morgan fingerprint density at radius 1 is 0.867 bits per heavy atom. The second-order valence-electron chi connectivity index (χ2n) is 6.49. The molecule has 30 heavy (non-hydrogen) atoms. The lowest BCUT2D eigenvalue weighted by Gasteiger charge is -2.12. The van der Waals surface area contributed by atoms with Gasteiger partial charge in [-0.3, -0.25) is 0 Å². The zero-order valence-electron chi connectivity index (χ0n) is 16.9. The van der Waals surface area contributed by atoms with Gasteiger partial charge in [0, 0.05) is 0 Å². The number of hydrogen-bond acceptors (Lipinski definition) is 5. The summed E-state index contributed by atoms with van der Waals surface area (Å²) in [6.45, 7) is 3.96. The van der Waals surface area contributed by atoms with Crippen LogP contribution in [0, 0.1) is 0 Å². The van der Waals surface area contributed by atoms with E-state index in [9.17, 15) is 4.79 Å². The van der Waals surface area contributed by atoms with Gasteiger partial charge in [-0.15, -0.1) is 6.58 Å². The quantitative estimate of drug-likeness (QED) is 0.271. The highest BCUT2D eigenvalue weighted by atomic mass is 16.6. The van der Waals surface area contributed by atoms with Gasteiger partial charge >= 0.3 is 5.97 Å². The van der Waals surface area contributed by atoms with Crippen LogP contribution in [-0.4, -0.2) is 19.7 Å². The average molecular weight is 404 g/mol. The summed E-state index contributed by atoms with van der Waals surface area (Å²) in [6.07, 6.45) is 2.54. The molecule has 0 aliphatic carbocycles. The van der Waals surface area contributed by atoms with Crippen LogP contribution in [0.15, 0.2) is 85.5 Å². The maximum Gasteiger partial charge on any atom is 0.349 e. The van der Waals surface area contributed by atoms with Gasteiger partial charge in [0.25, 0.3) is 0 Å². The first-order valence-corrected chi connectivity index (χ1v) is 9.56. The van der Waals surface area contributed by atoms with Crippen LogP contribution in [-0.2, 0) is 17.8 Å². The number of carbonyl (C=O) groups excluding carboxylic acids is 1. The van der Waals surface area contributed by atoms with Gasteiger partial charge < -0.3 is 18.9 Å². The molecular formula is C25H24O5. The molecular weight excluding hydrogens is 380 g/mol. The molecule has 0 fully saturated rings. The van der Waals surface area contributed by atoms with E-state index in [2.05, 4.69) is 6.58 Å². The van der Waals surface area contributed by atoms with E-state index in [1.54, 1.807) is 37.4 Å². The van der Waals surface area contributed by atoms with Crippen LogP contribution >= 0.6 is 0 Å². The summed E-state index contributed by atoms with van der Waals surface area (Å²) >= 11 is 0. The number of esters is 1. The van der Waals surface area contributed by atoms with Gasteiger partial charge in [0.2, 0.25) is 0 Å². The van der Waals surface area contributed by atoms with Crippen molar-refractivity contribution in [3.8, 4) is 23.0 Å². The van der Waals surface area contributed by atoms with Crippen molar-refractivity contribution in [1.29, 1.82) is 0 Å². The van der Waals surface area contributed by atoms with Gasteiger partial charge in [-0.25, -0.2) is 4.79 Å². The van der Waals surface area contributed by atoms with Crippen molar-refractivity contribution in [1.82, 2.24) is 0 Å². The molecule has 0 saturated heterocycles. The van der Waals surface area contributed by atoms with Crippen molar-refractivity contribution in [2.75, 3.05) is 13.7 Å². The molecule has 0 spiro atoms. The Morgan fingerprint density at radius 2 is 1.60 bits per heavy atom. The third-order valence-corrected chi connectivity index (χ3v) is 4.26. The summed E-state index contributed by atoms with van der Waals surface area (Å²) in [4.78, 5) is 12.1. The first-order valence-electron chi connectivity index (χ1n) is 9.56. The number of allylic oxidation sites excluding steroid dienone is 1. The molecule has 0 bridgehead atoms. The van der Waals surface area contributed by atoms with Gasteiger partial charge in [0.05, 0.1) is 7.11 Å². The fourth-order valence-electron chi connectivity index (χ4n) is 2.77. The minimum Gasteiger partial charge on any atom is -0.493 e. The molecule has 5 nitrogen and oxygen atoms in total. The Bertz CT molecular complexity index is 965. The summed E-state index contributed by atoms with van der Waals surface area (Å²) in [5.74, 6) is 1.64. The van der Waals surface area contributed by atoms with Crippen molar-refractivity contribution in [3.63, 3.8) is 0 Å². The Morgan fingerprint density at radius 3 is 2.30 bits per heavy atom. The molecule has 0 heterocycles. The Hall–Kier alpha value is -3.73. The third kappa shape index (κ3) is 6.14. The monoisotopic (exact) mass is 404 g/mol. The van der Waals surface area contributed by atoms with Crippen molar-refractivity contribution in [2.24, 2.45) is 0 Å². The average Bonchev–Trinajstić information content (AvgIpc) is 2.78. The largest absolute Gasteiger partial charge is 0.493 e. The van der Waals surface area contributed by atoms with Crippen LogP contribution in [0.25, 0.3) is 0 Å². The number of ether oxygens (including phenoxy) is 4. The number of carbonyl (C=O) groups is 1. The molecule has 0 aliphatic heterocycles. The molecule has 0 unspecified atom stereocenters.